The zero-order chi connectivity index (χ0) is 17.5. The molecule has 2 aromatic carbocycles. The number of phenols is 1. The van der Waals surface area contributed by atoms with E-state index in [0.29, 0.717) is 6.42 Å². The average Bonchev–Trinajstić information content (AvgIpc) is 2.48. The van der Waals surface area contributed by atoms with E-state index < -0.39 is 18.8 Å². The molecule has 128 valence electrons. The molecule has 0 bridgehead atoms. The summed E-state index contributed by atoms with van der Waals surface area (Å²) in [5, 5.41) is 9.73. The van der Waals surface area contributed by atoms with Crippen LogP contribution in [0, 0.1) is 6.92 Å². The molecule has 2 atom stereocenters. The summed E-state index contributed by atoms with van der Waals surface area (Å²) in [6.07, 6.45) is -3.77. The van der Waals surface area contributed by atoms with Gasteiger partial charge in [-0.1, -0.05) is 35.9 Å². The normalized spacial score (nSPS) is 21.5. The van der Waals surface area contributed by atoms with Gasteiger partial charge in [0, 0.05) is 6.04 Å². The number of aromatic hydroxyl groups is 1. The molecule has 1 aliphatic heterocycles. The van der Waals surface area contributed by atoms with Gasteiger partial charge in [0.1, 0.15) is 5.75 Å². The molecule has 0 spiro atoms. The Morgan fingerprint density at radius 2 is 1.79 bits per heavy atom. The number of phenolic OH excluding ortho intramolecular Hbond substituents is 1. The van der Waals surface area contributed by atoms with Gasteiger partial charge in [0.05, 0.1) is 12.6 Å². The van der Waals surface area contributed by atoms with Gasteiger partial charge in [-0.25, -0.2) is 0 Å². The van der Waals surface area contributed by atoms with Crippen molar-refractivity contribution in [2.45, 2.75) is 38.5 Å². The Morgan fingerprint density at radius 3 is 2.42 bits per heavy atom. The molecule has 1 heterocycles. The Balaban J connectivity index is 2.11. The van der Waals surface area contributed by atoms with Gasteiger partial charge in [0.2, 0.25) is 0 Å². The highest BCUT2D eigenvalue weighted by Gasteiger charge is 2.40. The molecule has 2 aromatic rings. The first-order valence-corrected chi connectivity index (χ1v) is 7.95. The van der Waals surface area contributed by atoms with E-state index in [1.807, 2.05) is 31.2 Å². The quantitative estimate of drug-likeness (QED) is 0.867. The monoisotopic (exact) mass is 335 g/mol. The smallest absolute Gasteiger partial charge is 0.401 e. The first-order valence-electron chi connectivity index (χ1n) is 7.95. The Kier molecular flexibility index (Phi) is 4.30. The van der Waals surface area contributed by atoms with Crippen LogP contribution in [0.15, 0.2) is 42.5 Å². The SMILES string of the molecule is Cc1ccc(C2c3ccc(O)cc3CC(C)N2CC(F)(F)F)cc1. The lowest BCUT2D eigenvalue weighted by atomic mass is 9.84. The highest BCUT2D eigenvalue weighted by atomic mass is 19.4. The van der Waals surface area contributed by atoms with E-state index in [1.165, 1.54) is 4.90 Å². The van der Waals surface area contributed by atoms with Gasteiger partial charge >= 0.3 is 6.18 Å². The third-order valence-corrected chi connectivity index (χ3v) is 4.59. The number of hydrogen-bond donors (Lipinski definition) is 1. The predicted molar refractivity (Wildman–Crippen MR) is 87.1 cm³/mol. The molecule has 0 radical (unpaired) electrons. The van der Waals surface area contributed by atoms with Gasteiger partial charge in [-0.3, -0.25) is 4.90 Å². The zero-order valence-electron chi connectivity index (χ0n) is 13.6. The van der Waals surface area contributed by atoms with Crippen LogP contribution in [0.3, 0.4) is 0 Å². The van der Waals surface area contributed by atoms with Gasteiger partial charge < -0.3 is 5.11 Å². The second-order valence-corrected chi connectivity index (χ2v) is 6.54. The Bertz CT molecular complexity index is 724. The number of nitrogens with zero attached hydrogens (tertiary/aromatic N) is 1. The summed E-state index contributed by atoms with van der Waals surface area (Å²) in [5.41, 5.74) is 3.64. The molecule has 3 rings (SSSR count). The molecule has 0 aliphatic carbocycles. The van der Waals surface area contributed by atoms with Crippen LogP contribution in [-0.4, -0.2) is 28.8 Å². The van der Waals surface area contributed by atoms with Crippen molar-refractivity contribution < 1.29 is 18.3 Å². The van der Waals surface area contributed by atoms with E-state index in [9.17, 15) is 18.3 Å². The molecule has 0 aromatic heterocycles. The molecule has 5 heteroatoms. The van der Waals surface area contributed by atoms with Crippen molar-refractivity contribution in [3.05, 3.63) is 64.7 Å². The van der Waals surface area contributed by atoms with Crippen molar-refractivity contribution in [2.75, 3.05) is 6.54 Å². The van der Waals surface area contributed by atoms with Gasteiger partial charge in [0.15, 0.2) is 0 Å². The zero-order valence-corrected chi connectivity index (χ0v) is 13.6. The van der Waals surface area contributed by atoms with Crippen molar-refractivity contribution in [1.29, 1.82) is 0 Å². The Hall–Kier alpha value is -2.01. The number of alkyl halides is 3. The maximum Gasteiger partial charge on any atom is 0.401 e. The second kappa shape index (κ2) is 6.13. The van der Waals surface area contributed by atoms with E-state index in [-0.39, 0.29) is 11.8 Å². The van der Waals surface area contributed by atoms with Crippen molar-refractivity contribution in [3.63, 3.8) is 0 Å². The van der Waals surface area contributed by atoms with Gasteiger partial charge in [-0.2, -0.15) is 13.2 Å². The average molecular weight is 335 g/mol. The first kappa shape index (κ1) is 16.8. The fourth-order valence-corrected chi connectivity index (χ4v) is 3.48. The predicted octanol–water partition coefficient (Wildman–Crippen LogP) is 4.60. The summed E-state index contributed by atoms with van der Waals surface area (Å²) in [6.45, 7) is 2.81. The maximum absolute atomic E-state index is 13.1. The lowest BCUT2D eigenvalue weighted by Gasteiger charge is -2.42. The highest BCUT2D eigenvalue weighted by Crippen LogP contribution is 2.40. The summed E-state index contributed by atoms with van der Waals surface area (Å²) >= 11 is 0. The molecule has 0 saturated carbocycles. The molecular formula is C19H20F3NO. The summed E-state index contributed by atoms with van der Waals surface area (Å²) in [6, 6.07) is 11.8. The van der Waals surface area contributed by atoms with Crippen LogP contribution < -0.4 is 0 Å². The fourth-order valence-electron chi connectivity index (χ4n) is 3.48. The third kappa shape index (κ3) is 3.41. The first-order chi connectivity index (χ1) is 11.2. The van der Waals surface area contributed by atoms with Crippen LogP contribution in [0.25, 0.3) is 0 Å². The molecular weight excluding hydrogens is 315 g/mol. The van der Waals surface area contributed by atoms with E-state index in [0.717, 1.165) is 22.3 Å². The molecule has 2 nitrogen and oxygen atoms in total. The lowest BCUT2D eigenvalue weighted by molar-refractivity contribution is -0.155. The third-order valence-electron chi connectivity index (χ3n) is 4.59. The summed E-state index contributed by atoms with van der Waals surface area (Å²) < 4.78 is 39.4. The maximum atomic E-state index is 13.1. The summed E-state index contributed by atoms with van der Waals surface area (Å²) in [7, 11) is 0. The summed E-state index contributed by atoms with van der Waals surface area (Å²) in [4.78, 5) is 1.50. The van der Waals surface area contributed by atoms with Crippen molar-refractivity contribution in [1.82, 2.24) is 4.90 Å². The number of benzene rings is 2. The topological polar surface area (TPSA) is 23.5 Å². The van der Waals surface area contributed by atoms with Crippen LogP contribution in [-0.2, 0) is 6.42 Å². The minimum absolute atomic E-state index is 0.146. The van der Waals surface area contributed by atoms with Gasteiger partial charge in [0.25, 0.3) is 0 Å². The number of halogens is 3. The van der Waals surface area contributed by atoms with Crippen LogP contribution in [0.2, 0.25) is 0 Å². The lowest BCUT2D eigenvalue weighted by Crippen LogP contribution is -2.47. The number of fused-ring (bicyclic) bond motifs is 1. The second-order valence-electron chi connectivity index (χ2n) is 6.54. The largest absolute Gasteiger partial charge is 0.508 e. The standard InChI is InChI=1S/C19H20F3NO/c1-12-3-5-14(6-4-12)18-17-8-7-16(24)10-15(17)9-13(2)23(18)11-19(20,21)22/h3-8,10,13,18,24H,9,11H2,1-2H3. The van der Waals surface area contributed by atoms with Crippen LogP contribution in [0.5, 0.6) is 5.75 Å². The van der Waals surface area contributed by atoms with Crippen molar-refractivity contribution in [2.24, 2.45) is 0 Å². The van der Waals surface area contributed by atoms with E-state index in [2.05, 4.69) is 0 Å². The molecule has 2 unspecified atom stereocenters. The molecule has 0 amide bonds. The van der Waals surface area contributed by atoms with E-state index in [1.54, 1.807) is 25.1 Å². The van der Waals surface area contributed by atoms with Crippen LogP contribution >= 0.6 is 0 Å². The fraction of sp³-hybridized carbons (Fsp3) is 0.368. The molecule has 24 heavy (non-hydrogen) atoms. The molecule has 0 fully saturated rings. The minimum atomic E-state index is -4.26. The molecule has 0 saturated heterocycles. The molecule has 1 aliphatic rings. The Labute approximate surface area is 139 Å². The van der Waals surface area contributed by atoms with Crippen molar-refractivity contribution in [3.8, 4) is 5.75 Å². The van der Waals surface area contributed by atoms with Crippen LogP contribution in [0.4, 0.5) is 13.2 Å². The number of hydrogen-bond acceptors (Lipinski definition) is 2. The highest BCUT2D eigenvalue weighted by molar-refractivity contribution is 5.44. The van der Waals surface area contributed by atoms with Crippen molar-refractivity contribution >= 4 is 0 Å². The van der Waals surface area contributed by atoms with E-state index >= 15 is 0 Å². The van der Waals surface area contributed by atoms with Gasteiger partial charge in [-0.05, 0) is 49.1 Å². The Morgan fingerprint density at radius 1 is 1.12 bits per heavy atom. The van der Waals surface area contributed by atoms with Crippen LogP contribution in [0.1, 0.15) is 35.2 Å². The van der Waals surface area contributed by atoms with E-state index in [4.69, 9.17) is 0 Å². The van der Waals surface area contributed by atoms with Gasteiger partial charge in [-0.15, -0.1) is 0 Å². The number of rotatable bonds is 2. The molecule has 1 N–H and O–H groups in total. The number of aryl methyl sites for hydroxylation is 1. The summed E-state index contributed by atoms with van der Waals surface area (Å²) in [5.74, 6) is 0.146. The minimum Gasteiger partial charge on any atom is -0.508 e.